The Hall–Kier alpha value is -3.85. The molecular formula is C27H28N4O4S. The van der Waals surface area contributed by atoms with Gasteiger partial charge >= 0.3 is 11.9 Å². The smallest absolute Gasteiger partial charge is 0.336 e. The van der Waals surface area contributed by atoms with Gasteiger partial charge in [-0.25, -0.2) is 9.78 Å². The van der Waals surface area contributed by atoms with Gasteiger partial charge in [0.2, 0.25) is 0 Å². The van der Waals surface area contributed by atoms with Crippen LogP contribution in [0.1, 0.15) is 39.2 Å². The number of ether oxygens (including phenoxy) is 2. The predicted molar refractivity (Wildman–Crippen MR) is 140 cm³/mol. The highest BCUT2D eigenvalue weighted by atomic mass is 32.1. The second-order valence-electron chi connectivity index (χ2n) is 8.15. The lowest BCUT2D eigenvalue weighted by Gasteiger charge is -2.32. The summed E-state index contributed by atoms with van der Waals surface area (Å²) in [5.74, 6) is -2.33. The van der Waals surface area contributed by atoms with Crippen LogP contribution in [0.4, 0.5) is 10.8 Å². The Kier molecular flexibility index (Phi) is 7.90. The third kappa shape index (κ3) is 5.21. The molecule has 1 N–H and O–H groups in total. The predicted octanol–water partition coefficient (Wildman–Crippen LogP) is 5.52. The summed E-state index contributed by atoms with van der Waals surface area (Å²) in [7, 11) is 0. The Bertz CT molecular complexity index is 1320. The van der Waals surface area contributed by atoms with Crippen LogP contribution in [-0.2, 0) is 19.1 Å². The summed E-state index contributed by atoms with van der Waals surface area (Å²) in [5, 5.41) is 5.98. The zero-order valence-corrected chi connectivity index (χ0v) is 21.5. The molecule has 0 saturated carbocycles. The molecule has 2 aromatic heterocycles. The van der Waals surface area contributed by atoms with Crippen molar-refractivity contribution in [2.24, 2.45) is 10.9 Å². The lowest BCUT2D eigenvalue weighted by molar-refractivity contribution is -0.146. The fourth-order valence-electron chi connectivity index (χ4n) is 4.34. The van der Waals surface area contributed by atoms with Crippen molar-refractivity contribution in [3.63, 3.8) is 0 Å². The lowest BCUT2D eigenvalue weighted by Crippen LogP contribution is -2.36. The van der Waals surface area contributed by atoms with Gasteiger partial charge in [0.05, 0.1) is 24.5 Å². The van der Waals surface area contributed by atoms with E-state index >= 15 is 0 Å². The molecule has 1 aliphatic heterocycles. The molecule has 1 aromatic carbocycles. The maximum Gasteiger partial charge on any atom is 0.336 e. The van der Waals surface area contributed by atoms with Gasteiger partial charge in [-0.2, -0.15) is 0 Å². The fraction of sp³-hybridized carbons (Fsp3) is 0.296. The first-order valence-corrected chi connectivity index (χ1v) is 12.6. The van der Waals surface area contributed by atoms with E-state index in [0.29, 0.717) is 22.1 Å². The lowest BCUT2D eigenvalue weighted by atomic mass is 9.75. The Morgan fingerprint density at radius 1 is 1.00 bits per heavy atom. The Labute approximate surface area is 214 Å². The zero-order chi connectivity index (χ0) is 25.7. The number of pyridine rings is 1. The number of allylic oxidation sites excluding steroid dienone is 1. The van der Waals surface area contributed by atoms with E-state index < -0.39 is 23.8 Å². The SMILES string of the molecule is CCOC(=O)C1=C(C)N=C(C)C(C(=O)OCC)C1c1ccccc1Nc1nc(-c2ccccn2)cs1. The number of aliphatic imine (C=N–C) groups is 1. The van der Waals surface area contributed by atoms with E-state index in [-0.39, 0.29) is 13.2 Å². The van der Waals surface area contributed by atoms with Gasteiger partial charge in [0.1, 0.15) is 11.6 Å². The second-order valence-corrected chi connectivity index (χ2v) is 9.00. The summed E-state index contributed by atoms with van der Waals surface area (Å²) in [5.41, 5.74) is 4.48. The average molecular weight is 505 g/mol. The van der Waals surface area contributed by atoms with Gasteiger partial charge in [0.25, 0.3) is 0 Å². The number of carbonyl (C=O) groups is 2. The van der Waals surface area contributed by atoms with Crippen molar-refractivity contribution in [3.05, 3.63) is 70.9 Å². The maximum absolute atomic E-state index is 13.1. The molecule has 0 fully saturated rings. The van der Waals surface area contributed by atoms with Crippen molar-refractivity contribution in [3.8, 4) is 11.4 Å². The molecule has 8 nitrogen and oxygen atoms in total. The van der Waals surface area contributed by atoms with E-state index in [9.17, 15) is 9.59 Å². The minimum Gasteiger partial charge on any atom is -0.465 e. The summed E-state index contributed by atoms with van der Waals surface area (Å²) in [4.78, 5) is 39.8. The van der Waals surface area contributed by atoms with Crippen molar-refractivity contribution in [1.29, 1.82) is 0 Å². The van der Waals surface area contributed by atoms with E-state index in [0.717, 1.165) is 22.6 Å². The molecule has 2 atom stereocenters. The van der Waals surface area contributed by atoms with Gasteiger partial charge in [-0.15, -0.1) is 11.3 Å². The highest BCUT2D eigenvalue weighted by molar-refractivity contribution is 7.14. The van der Waals surface area contributed by atoms with Crippen LogP contribution in [-0.4, -0.2) is 40.8 Å². The van der Waals surface area contributed by atoms with Gasteiger partial charge in [0, 0.05) is 34.6 Å². The number of hydrogen-bond acceptors (Lipinski definition) is 9. The molecule has 2 unspecified atom stereocenters. The molecule has 0 amide bonds. The number of rotatable bonds is 8. The van der Waals surface area contributed by atoms with Gasteiger partial charge in [-0.3, -0.25) is 14.8 Å². The number of thiazole rings is 1. The second kappa shape index (κ2) is 11.3. The number of hydrogen-bond donors (Lipinski definition) is 1. The molecule has 0 saturated heterocycles. The monoisotopic (exact) mass is 504 g/mol. The molecule has 36 heavy (non-hydrogen) atoms. The van der Waals surface area contributed by atoms with Crippen molar-refractivity contribution in [2.75, 3.05) is 18.5 Å². The van der Waals surface area contributed by atoms with Crippen molar-refractivity contribution >= 4 is 39.8 Å². The first-order valence-electron chi connectivity index (χ1n) is 11.8. The Morgan fingerprint density at radius 3 is 2.47 bits per heavy atom. The van der Waals surface area contributed by atoms with E-state index in [1.807, 2.05) is 47.8 Å². The maximum atomic E-state index is 13.1. The van der Waals surface area contributed by atoms with E-state index in [1.165, 1.54) is 11.3 Å². The quantitative estimate of drug-likeness (QED) is 0.403. The molecular weight excluding hydrogens is 476 g/mol. The van der Waals surface area contributed by atoms with Crippen LogP contribution in [0.15, 0.2) is 70.3 Å². The van der Waals surface area contributed by atoms with Gasteiger partial charge in [0.15, 0.2) is 5.13 Å². The molecule has 0 bridgehead atoms. The topological polar surface area (TPSA) is 103 Å². The summed E-state index contributed by atoms with van der Waals surface area (Å²) >= 11 is 1.44. The zero-order valence-electron chi connectivity index (χ0n) is 20.6. The number of nitrogens with zero attached hydrogens (tertiary/aromatic N) is 3. The fourth-order valence-corrected chi connectivity index (χ4v) is 5.06. The molecule has 0 aliphatic carbocycles. The van der Waals surface area contributed by atoms with Gasteiger partial charge in [-0.05, 0) is 51.5 Å². The van der Waals surface area contributed by atoms with Crippen LogP contribution in [0.5, 0.6) is 0 Å². The van der Waals surface area contributed by atoms with Crippen LogP contribution in [0.25, 0.3) is 11.4 Å². The standard InChI is InChI=1S/C27H28N4O4S/c1-5-34-25(32)22-16(3)29-17(4)23(26(33)35-6-2)24(22)18-11-7-8-12-19(18)30-27-31-21(15-36-27)20-13-9-10-14-28-20/h7-15,22,24H,5-6H2,1-4H3,(H,30,31). The van der Waals surface area contributed by atoms with Gasteiger partial charge < -0.3 is 14.8 Å². The van der Waals surface area contributed by atoms with Crippen LogP contribution in [0, 0.1) is 5.92 Å². The van der Waals surface area contributed by atoms with Crippen molar-refractivity contribution in [2.45, 2.75) is 33.6 Å². The third-order valence-electron chi connectivity index (χ3n) is 5.83. The number of carbonyl (C=O) groups excluding carboxylic acids is 2. The molecule has 0 spiro atoms. The summed E-state index contributed by atoms with van der Waals surface area (Å²) in [6.45, 7) is 7.50. The minimum atomic E-state index is -0.767. The number of anilines is 2. The summed E-state index contributed by atoms with van der Waals surface area (Å²) < 4.78 is 10.8. The number of nitrogens with one attached hydrogen (secondary N) is 1. The van der Waals surface area contributed by atoms with Crippen LogP contribution >= 0.6 is 11.3 Å². The molecule has 4 rings (SSSR count). The highest BCUT2D eigenvalue weighted by Gasteiger charge is 2.43. The third-order valence-corrected chi connectivity index (χ3v) is 6.59. The molecule has 9 heteroatoms. The first kappa shape index (κ1) is 25.2. The number of benzene rings is 1. The molecule has 3 aromatic rings. The normalized spacial score (nSPS) is 17.4. The van der Waals surface area contributed by atoms with Gasteiger partial charge in [-0.1, -0.05) is 24.3 Å². The van der Waals surface area contributed by atoms with Crippen LogP contribution < -0.4 is 5.32 Å². The van der Waals surface area contributed by atoms with E-state index in [4.69, 9.17) is 9.47 Å². The number of para-hydroxylation sites is 1. The summed E-state index contributed by atoms with van der Waals surface area (Å²) in [6, 6.07) is 13.2. The molecule has 1 aliphatic rings. The summed E-state index contributed by atoms with van der Waals surface area (Å²) in [6.07, 6.45) is 1.73. The average Bonchev–Trinajstić information content (AvgIpc) is 3.33. The minimum absolute atomic E-state index is 0.213. The number of aromatic nitrogens is 2. The number of esters is 2. The van der Waals surface area contributed by atoms with Crippen molar-refractivity contribution in [1.82, 2.24) is 9.97 Å². The Morgan fingerprint density at radius 2 is 1.75 bits per heavy atom. The van der Waals surface area contributed by atoms with Crippen LogP contribution in [0.2, 0.25) is 0 Å². The van der Waals surface area contributed by atoms with E-state index in [2.05, 4.69) is 20.3 Å². The molecule has 186 valence electrons. The first-order chi connectivity index (χ1) is 17.4. The Balaban J connectivity index is 1.78. The van der Waals surface area contributed by atoms with Crippen LogP contribution in [0.3, 0.4) is 0 Å². The van der Waals surface area contributed by atoms with E-state index in [1.54, 1.807) is 33.9 Å². The molecule has 0 radical (unpaired) electrons. The molecule has 3 heterocycles. The van der Waals surface area contributed by atoms with Crippen molar-refractivity contribution < 1.29 is 19.1 Å². The largest absolute Gasteiger partial charge is 0.465 e. The highest BCUT2D eigenvalue weighted by Crippen LogP contribution is 2.43.